The molecular formula is C24H33N3O4S. The Morgan fingerprint density at radius 3 is 2.28 bits per heavy atom. The zero-order valence-electron chi connectivity index (χ0n) is 19.0. The molecule has 1 aliphatic heterocycles. The van der Waals surface area contributed by atoms with E-state index in [1.165, 1.54) is 10.6 Å². The quantitative estimate of drug-likeness (QED) is 0.619. The number of aliphatic hydroxyl groups is 1. The highest BCUT2D eigenvalue weighted by Crippen LogP contribution is 2.24. The lowest BCUT2D eigenvalue weighted by Gasteiger charge is -2.32. The summed E-state index contributed by atoms with van der Waals surface area (Å²) in [4.78, 5) is 17.1. The van der Waals surface area contributed by atoms with Crippen molar-refractivity contribution < 1.29 is 18.3 Å². The van der Waals surface area contributed by atoms with E-state index in [0.717, 1.165) is 29.7 Å². The van der Waals surface area contributed by atoms with Crippen LogP contribution in [0.4, 0.5) is 0 Å². The van der Waals surface area contributed by atoms with Gasteiger partial charge in [0, 0.05) is 40.3 Å². The van der Waals surface area contributed by atoms with E-state index in [-0.39, 0.29) is 24.5 Å². The number of nitrogens with zero attached hydrogens (tertiary/aromatic N) is 3. The van der Waals surface area contributed by atoms with Gasteiger partial charge in [-0.3, -0.25) is 9.69 Å². The Balaban J connectivity index is 1.67. The summed E-state index contributed by atoms with van der Waals surface area (Å²) < 4.78 is 24.5. The van der Waals surface area contributed by atoms with E-state index in [1.807, 2.05) is 61.6 Å². The summed E-state index contributed by atoms with van der Waals surface area (Å²) >= 11 is 0. The van der Waals surface area contributed by atoms with Gasteiger partial charge in [-0.15, -0.1) is 0 Å². The van der Waals surface area contributed by atoms with Gasteiger partial charge in [0.2, 0.25) is 15.9 Å². The average Bonchev–Trinajstić information content (AvgIpc) is 3.17. The molecule has 1 N–H and O–H groups in total. The summed E-state index contributed by atoms with van der Waals surface area (Å²) in [7, 11) is 0.144. The van der Waals surface area contributed by atoms with E-state index in [0.29, 0.717) is 19.6 Å². The van der Waals surface area contributed by atoms with Gasteiger partial charge < -0.3 is 10.0 Å². The molecule has 0 saturated carbocycles. The number of rotatable bonds is 9. The molecule has 8 heteroatoms. The second kappa shape index (κ2) is 10.6. The zero-order chi connectivity index (χ0) is 23.3. The number of hydrogen-bond acceptors (Lipinski definition) is 5. The van der Waals surface area contributed by atoms with Gasteiger partial charge in [-0.2, -0.15) is 0 Å². The molecule has 2 atom stereocenters. The van der Waals surface area contributed by atoms with Crippen LogP contribution in [0.5, 0.6) is 0 Å². The third-order valence-corrected chi connectivity index (χ3v) is 7.34. The fourth-order valence-corrected chi connectivity index (χ4v) is 4.34. The lowest BCUT2D eigenvalue weighted by molar-refractivity contribution is -0.131. The molecular weight excluding hydrogens is 426 g/mol. The van der Waals surface area contributed by atoms with Gasteiger partial charge in [-0.25, -0.2) is 12.7 Å². The fourth-order valence-electron chi connectivity index (χ4n) is 3.96. The first-order chi connectivity index (χ1) is 15.1. The Bertz CT molecular complexity index is 996. The standard InChI is InChI=1S/C24H33N3O4S/c1-25(32(3,30)31)16-20-11-9-19(10-12-20)15-24(29)26(2)23(21-7-5-4-6-8-21)18-27-14-13-22(28)17-27/h4-12,22-23,28H,13-18H2,1-3H3. The molecule has 0 bridgehead atoms. The van der Waals surface area contributed by atoms with Gasteiger partial charge in [0.25, 0.3) is 0 Å². The first-order valence-corrected chi connectivity index (χ1v) is 12.7. The van der Waals surface area contributed by atoms with Crippen LogP contribution in [0.1, 0.15) is 29.2 Å². The zero-order valence-corrected chi connectivity index (χ0v) is 19.8. The molecule has 1 aliphatic rings. The Hall–Kier alpha value is -2.26. The monoisotopic (exact) mass is 459 g/mol. The normalized spacial score (nSPS) is 18.1. The lowest BCUT2D eigenvalue weighted by Crippen LogP contribution is -2.39. The van der Waals surface area contributed by atoms with Crippen molar-refractivity contribution in [2.24, 2.45) is 0 Å². The number of likely N-dealkylation sites (N-methyl/N-ethyl adjacent to an activating group) is 1. The van der Waals surface area contributed by atoms with Crippen molar-refractivity contribution in [3.63, 3.8) is 0 Å². The summed E-state index contributed by atoms with van der Waals surface area (Å²) in [6, 6.07) is 17.4. The summed E-state index contributed by atoms with van der Waals surface area (Å²) in [5.41, 5.74) is 2.83. The number of likely N-dealkylation sites (tertiary alicyclic amines) is 1. The maximum atomic E-state index is 13.1. The first kappa shape index (κ1) is 24.4. The van der Waals surface area contributed by atoms with Gasteiger partial charge in [0.05, 0.1) is 24.8 Å². The predicted octanol–water partition coefficient (Wildman–Crippen LogP) is 1.89. The van der Waals surface area contributed by atoms with Crippen molar-refractivity contribution in [3.8, 4) is 0 Å². The molecule has 1 saturated heterocycles. The third-order valence-electron chi connectivity index (χ3n) is 6.07. The third kappa shape index (κ3) is 6.62. The molecule has 32 heavy (non-hydrogen) atoms. The summed E-state index contributed by atoms with van der Waals surface area (Å²) in [6.07, 6.45) is 1.92. The minimum Gasteiger partial charge on any atom is -0.392 e. The second-order valence-corrected chi connectivity index (χ2v) is 10.7. The predicted molar refractivity (Wildman–Crippen MR) is 125 cm³/mol. The van der Waals surface area contributed by atoms with Crippen LogP contribution < -0.4 is 0 Å². The Kier molecular flexibility index (Phi) is 8.05. The molecule has 174 valence electrons. The summed E-state index contributed by atoms with van der Waals surface area (Å²) in [5.74, 6) is 0.0135. The van der Waals surface area contributed by atoms with E-state index in [4.69, 9.17) is 0 Å². The smallest absolute Gasteiger partial charge is 0.227 e. The van der Waals surface area contributed by atoms with Gasteiger partial charge in [0.15, 0.2) is 0 Å². The molecule has 2 aromatic rings. The van der Waals surface area contributed by atoms with Gasteiger partial charge in [-0.1, -0.05) is 54.6 Å². The largest absolute Gasteiger partial charge is 0.392 e. The van der Waals surface area contributed by atoms with E-state index < -0.39 is 10.0 Å². The molecule has 7 nitrogen and oxygen atoms in total. The van der Waals surface area contributed by atoms with Crippen LogP contribution in [0.15, 0.2) is 54.6 Å². The average molecular weight is 460 g/mol. The van der Waals surface area contributed by atoms with Crippen molar-refractivity contribution in [3.05, 3.63) is 71.3 Å². The number of amides is 1. The second-order valence-electron chi connectivity index (χ2n) is 8.65. The number of sulfonamides is 1. The lowest BCUT2D eigenvalue weighted by atomic mass is 10.0. The number of hydrogen-bond donors (Lipinski definition) is 1. The highest BCUT2D eigenvalue weighted by atomic mass is 32.2. The molecule has 2 aromatic carbocycles. The van der Waals surface area contributed by atoms with Crippen molar-refractivity contribution >= 4 is 15.9 Å². The van der Waals surface area contributed by atoms with Gasteiger partial charge in [0.1, 0.15) is 0 Å². The van der Waals surface area contributed by atoms with E-state index in [9.17, 15) is 18.3 Å². The number of carbonyl (C=O) groups excluding carboxylic acids is 1. The molecule has 3 rings (SSSR count). The Morgan fingerprint density at radius 1 is 1.09 bits per heavy atom. The highest BCUT2D eigenvalue weighted by Gasteiger charge is 2.28. The van der Waals surface area contributed by atoms with Crippen molar-refractivity contribution in [1.82, 2.24) is 14.1 Å². The minimum absolute atomic E-state index is 0.0135. The number of benzene rings is 2. The van der Waals surface area contributed by atoms with Crippen LogP contribution in [-0.4, -0.2) is 79.6 Å². The summed E-state index contributed by atoms with van der Waals surface area (Å²) in [5, 5.41) is 9.89. The van der Waals surface area contributed by atoms with Crippen molar-refractivity contribution in [2.45, 2.75) is 31.5 Å². The SMILES string of the molecule is CN(C(=O)Cc1ccc(CN(C)S(C)(=O)=O)cc1)C(CN1CCC(O)C1)c1ccccc1. The first-order valence-electron chi connectivity index (χ1n) is 10.8. The molecule has 1 amide bonds. The van der Waals surface area contributed by atoms with E-state index >= 15 is 0 Å². The molecule has 1 heterocycles. The van der Waals surface area contributed by atoms with E-state index in [2.05, 4.69) is 4.90 Å². The maximum Gasteiger partial charge on any atom is 0.227 e. The van der Waals surface area contributed by atoms with Crippen LogP contribution in [0.3, 0.4) is 0 Å². The van der Waals surface area contributed by atoms with Gasteiger partial charge >= 0.3 is 0 Å². The van der Waals surface area contributed by atoms with E-state index in [1.54, 1.807) is 11.9 Å². The molecule has 1 fully saturated rings. The van der Waals surface area contributed by atoms with Crippen LogP contribution >= 0.6 is 0 Å². The highest BCUT2D eigenvalue weighted by molar-refractivity contribution is 7.88. The molecule has 0 radical (unpaired) electrons. The summed E-state index contributed by atoms with van der Waals surface area (Å²) in [6.45, 7) is 2.44. The van der Waals surface area contributed by atoms with Crippen LogP contribution in [0.2, 0.25) is 0 Å². The fraction of sp³-hybridized carbons (Fsp3) is 0.458. The topological polar surface area (TPSA) is 81.2 Å². The van der Waals surface area contributed by atoms with Crippen LogP contribution in [-0.2, 0) is 27.8 Å². The number of carbonyl (C=O) groups is 1. The molecule has 0 aromatic heterocycles. The molecule has 0 aliphatic carbocycles. The molecule has 2 unspecified atom stereocenters. The van der Waals surface area contributed by atoms with Crippen molar-refractivity contribution in [1.29, 1.82) is 0 Å². The van der Waals surface area contributed by atoms with Crippen LogP contribution in [0, 0.1) is 0 Å². The Morgan fingerprint density at radius 2 is 1.72 bits per heavy atom. The van der Waals surface area contributed by atoms with Crippen molar-refractivity contribution in [2.75, 3.05) is 40.0 Å². The maximum absolute atomic E-state index is 13.1. The number of aliphatic hydroxyl groups excluding tert-OH is 1. The van der Waals surface area contributed by atoms with Gasteiger partial charge in [-0.05, 0) is 23.1 Å². The minimum atomic E-state index is -3.24. The molecule has 0 spiro atoms. The number of β-amino-alcohol motifs (C(OH)–C–C–N with tert-alkyl or cyclic N) is 1. The Labute approximate surface area is 191 Å². The van der Waals surface area contributed by atoms with Crippen LogP contribution in [0.25, 0.3) is 0 Å².